The minimum atomic E-state index is -0.0371. The molecule has 0 fully saturated rings. The molecule has 3 aromatic carbocycles. The maximum absolute atomic E-state index is 2.60. The summed E-state index contributed by atoms with van der Waals surface area (Å²) in [5.41, 5.74) is 9.64. The number of hydrogen-bond acceptors (Lipinski definition) is 0. The lowest BCUT2D eigenvalue weighted by atomic mass is 9.61. The predicted octanol–water partition coefficient (Wildman–Crippen LogP) is 9.13. The van der Waals surface area contributed by atoms with Crippen LogP contribution in [0.4, 0.5) is 0 Å². The maximum Gasteiger partial charge on any atom is 0.294 e. The molecule has 0 spiro atoms. The molecule has 0 radical (unpaired) electrons. The van der Waals surface area contributed by atoms with Gasteiger partial charge in [0.25, 0.3) is 5.82 Å². The summed E-state index contributed by atoms with van der Waals surface area (Å²) < 4.78 is 7.58. The highest BCUT2D eigenvalue weighted by Crippen LogP contribution is 2.51. The van der Waals surface area contributed by atoms with Crippen LogP contribution in [-0.4, -0.2) is 9.13 Å². The third-order valence-electron chi connectivity index (χ3n) is 10.4. The Morgan fingerprint density at radius 3 is 2.18 bits per heavy atom. The Morgan fingerprint density at radius 1 is 0.846 bits per heavy atom. The summed E-state index contributed by atoms with van der Waals surface area (Å²) in [7, 11) is 2.25. The van der Waals surface area contributed by atoms with Gasteiger partial charge in [0.2, 0.25) is 0 Å². The Bertz CT molecular complexity index is 1730. The molecular weight excluding hydrogens is 474 g/mol. The lowest BCUT2D eigenvalue weighted by molar-refractivity contribution is -0.764. The average molecular weight is 519 g/mol. The van der Waals surface area contributed by atoms with Crippen molar-refractivity contribution in [1.29, 1.82) is 0 Å². The molecule has 202 valence electrons. The second kappa shape index (κ2) is 8.84. The molecule has 3 nitrogen and oxygen atoms in total. The molecule has 3 heterocycles. The van der Waals surface area contributed by atoms with Gasteiger partial charge < -0.3 is 4.57 Å². The highest BCUT2D eigenvalue weighted by Gasteiger charge is 2.55. The third kappa shape index (κ3) is 3.25. The number of benzene rings is 3. The van der Waals surface area contributed by atoms with Gasteiger partial charge in [-0.2, -0.15) is 4.57 Å². The minimum absolute atomic E-state index is 0.0371. The molecule has 0 bridgehead atoms. The highest BCUT2D eigenvalue weighted by atomic mass is 15.2. The number of aromatic nitrogens is 3. The monoisotopic (exact) mass is 518 g/mol. The van der Waals surface area contributed by atoms with Crippen LogP contribution in [0.3, 0.4) is 0 Å². The normalized spacial score (nSPS) is 20.8. The van der Waals surface area contributed by atoms with Gasteiger partial charge in [0, 0.05) is 34.3 Å². The Morgan fingerprint density at radius 2 is 1.51 bits per heavy atom. The number of aryl methyl sites for hydroxylation is 1. The van der Waals surface area contributed by atoms with Crippen LogP contribution in [0, 0.1) is 0 Å². The van der Waals surface area contributed by atoms with Gasteiger partial charge >= 0.3 is 0 Å². The molecule has 2 atom stereocenters. The van der Waals surface area contributed by atoms with Crippen molar-refractivity contribution in [3.05, 3.63) is 83.7 Å². The molecule has 0 amide bonds. The van der Waals surface area contributed by atoms with E-state index in [0.29, 0.717) is 11.8 Å². The Hall–Kier alpha value is -3.33. The van der Waals surface area contributed by atoms with Crippen molar-refractivity contribution in [3.63, 3.8) is 0 Å². The van der Waals surface area contributed by atoms with Crippen LogP contribution in [0.1, 0.15) is 96.8 Å². The van der Waals surface area contributed by atoms with Gasteiger partial charge in [-0.3, -0.25) is 0 Å². The van der Waals surface area contributed by atoms with Crippen LogP contribution in [-0.2, 0) is 18.0 Å². The molecule has 1 aliphatic heterocycles. The first-order valence-electron chi connectivity index (χ1n) is 14.9. The second-order valence-corrected chi connectivity index (χ2v) is 12.7. The van der Waals surface area contributed by atoms with Gasteiger partial charge in [-0.1, -0.05) is 90.9 Å². The fraction of sp³-hybridized carbons (Fsp3) is 0.417. The Kier molecular flexibility index (Phi) is 5.88. The number of fused-ring (bicyclic) bond motifs is 6. The molecule has 0 N–H and O–H groups in total. The van der Waals surface area contributed by atoms with E-state index in [1.165, 1.54) is 55.6 Å². The average Bonchev–Trinajstić information content (AvgIpc) is 3.51. The van der Waals surface area contributed by atoms with Crippen molar-refractivity contribution in [2.24, 2.45) is 7.05 Å². The van der Waals surface area contributed by atoms with E-state index in [4.69, 9.17) is 0 Å². The van der Waals surface area contributed by atoms with Gasteiger partial charge in [-0.15, -0.1) is 0 Å². The predicted molar refractivity (Wildman–Crippen MR) is 165 cm³/mol. The summed E-state index contributed by atoms with van der Waals surface area (Å²) in [5, 5.41) is 2.75. The zero-order valence-corrected chi connectivity index (χ0v) is 25.3. The first kappa shape index (κ1) is 25.9. The smallest absolute Gasteiger partial charge is 0.294 e. The molecule has 0 saturated heterocycles. The van der Waals surface area contributed by atoms with Gasteiger partial charge in [-0.25, -0.2) is 4.57 Å². The quantitative estimate of drug-likeness (QED) is 0.206. The number of rotatable bonds is 5. The lowest BCUT2D eigenvalue weighted by Gasteiger charge is -2.47. The zero-order valence-electron chi connectivity index (χ0n) is 25.3. The molecule has 0 saturated carbocycles. The summed E-state index contributed by atoms with van der Waals surface area (Å²) in [6.45, 7) is 19.0. The molecule has 2 aromatic heterocycles. The van der Waals surface area contributed by atoms with Crippen LogP contribution in [0.15, 0.2) is 67.0 Å². The first-order valence-corrected chi connectivity index (χ1v) is 14.9. The fourth-order valence-electron chi connectivity index (χ4n) is 7.63. The largest absolute Gasteiger partial charge is 0.340 e. The van der Waals surface area contributed by atoms with Crippen molar-refractivity contribution >= 4 is 21.8 Å². The van der Waals surface area contributed by atoms with Gasteiger partial charge in [0.1, 0.15) is 17.9 Å². The number of hydrogen-bond donors (Lipinski definition) is 0. The van der Waals surface area contributed by atoms with E-state index in [0.717, 1.165) is 12.8 Å². The topological polar surface area (TPSA) is 13.7 Å². The maximum atomic E-state index is 2.60. The lowest BCUT2D eigenvalue weighted by Crippen LogP contribution is -2.67. The van der Waals surface area contributed by atoms with E-state index in [2.05, 4.69) is 143 Å². The van der Waals surface area contributed by atoms with Crippen LogP contribution in [0.2, 0.25) is 0 Å². The minimum Gasteiger partial charge on any atom is -0.340 e. The molecule has 3 heteroatoms. The molecule has 1 aliphatic rings. The zero-order chi connectivity index (χ0) is 27.9. The summed E-state index contributed by atoms with van der Waals surface area (Å²) in [5.74, 6) is 2.12. The summed E-state index contributed by atoms with van der Waals surface area (Å²) >= 11 is 0. The van der Waals surface area contributed by atoms with Crippen LogP contribution >= 0.6 is 0 Å². The van der Waals surface area contributed by atoms with E-state index in [1.807, 2.05) is 0 Å². The van der Waals surface area contributed by atoms with E-state index >= 15 is 0 Å². The standard InChI is InChI=1S/C36H44N3/c1-10-35(7)29-18-14-12-16-25(29)34-38(20-21-39(34)36(35,8)11-2)32-28(24(5)6)22-27(23(3)4)31-26-17-13-15-19-30(26)37(9)33(31)32/h12-24H,10-11H2,1-9H3/q+1. The molecule has 2 unspecified atom stereocenters. The van der Waals surface area contributed by atoms with Gasteiger partial charge in [-0.05, 0) is 54.9 Å². The summed E-state index contributed by atoms with van der Waals surface area (Å²) in [6.07, 6.45) is 6.87. The SMILES string of the molecule is CCC1(C)c2ccccc2-c2n(-c3c(C(C)C)cc(C(C)C)c4c5ccccc5n(C)c34)cc[n+]2C1(C)CC. The molecular formula is C36H44N3+. The van der Waals surface area contributed by atoms with E-state index < -0.39 is 0 Å². The number of imidazole rings is 1. The van der Waals surface area contributed by atoms with Crippen molar-refractivity contribution in [3.8, 4) is 17.1 Å². The van der Waals surface area contributed by atoms with E-state index in [1.54, 1.807) is 0 Å². The van der Waals surface area contributed by atoms with Crippen molar-refractivity contribution in [1.82, 2.24) is 9.13 Å². The Balaban J connectivity index is 1.82. The van der Waals surface area contributed by atoms with Crippen molar-refractivity contribution in [2.75, 3.05) is 0 Å². The van der Waals surface area contributed by atoms with E-state index in [-0.39, 0.29) is 11.0 Å². The van der Waals surface area contributed by atoms with Gasteiger partial charge in [0.15, 0.2) is 5.69 Å². The van der Waals surface area contributed by atoms with E-state index in [9.17, 15) is 0 Å². The van der Waals surface area contributed by atoms with Crippen molar-refractivity contribution < 1.29 is 4.57 Å². The molecule has 39 heavy (non-hydrogen) atoms. The third-order valence-corrected chi connectivity index (χ3v) is 10.4. The van der Waals surface area contributed by atoms with Crippen molar-refractivity contribution in [2.45, 2.75) is 91.0 Å². The first-order chi connectivity index (χ1) is 18.6. The number of nitrogens with zero attached hydrogens (tertiary/aromatic N) is 3. The van der Waals surface area contributed by atoms with Crippen LogP contribution in [0.5, 0.6) is 0 Å². The Labute approximate surface area is 234 Å². The molecule has 5 aromatic rings. The second-order valence-electron chi connectivity index (χ2n) is 12.7. The molecule has 0 aliphatic carbocycles. The summed E-state index contributed by atoms with van der Waals surface area (Å²) in [4.78, 5) is 0. The van der Waals surface area contributed by atoms with Crippen LogP contribution in [0.25, 0.3) is 38.9 Å². The molecule has 6 rings (SSSR count). The van der Waals surface area contributed by atoms with Gasteiger partial charge in [0.05, 0.1) is 11.1 Å². The summed E-state index contributed by atoms with van der Waals surface area (Å²) in [6, 6.07) is 20.6. The van der Waals surface area contributed by atoms with Crippen LogP contribution < -0.4 is 4.57 Å². The highest BCUT2D eigenvalue weighted by molar-refractivity contribution is 6.13. The number of para-hydroxylation sites is 1. The fourth-order valence-corrected chi connectivity index (χ4v) is 7.63.